The van der Waals surface area contributed by atoms with E-state index in [1.54, 1.807) is 0 Å². The topological polar surface area (TPSA) is 67.4 Å². The van der Waals surface area contributed by atoms with Crippen molar-refractivity contribution < 1.29 is 14.3 Å². The Labute approximate surface area is 116 Å². The zero-order valence-corrected chi connectivity index (χ0v) is 11.7. The number of thioether (sulfide) groups is 1. The van der Waals surface area contributed by atoms with Crippen molar-refractivity contribution in [1.29, 1.82) is 0 Å². The van der Waals surface area contributed by atoms with Crippen molar-refractivity contribution in [2.24, 2.45) is 0 Å². The van der Waals surface area contributed by atoms with Crippen molar-refractivity contribution in [1.82, 2.24) is 5.32 Å². The molecule has 1 aliphatic heterocycles. The van der Waals surface area contributed by atoms with Crippen LogP contribution in [0, 0.1) is 0 Å². The van der Waals surface area contributed by atoms with Gasteiger partial charge in [-0.25, -0.2) is 0 Å². The summed E-state index contributed by atoms with van der Waals surface area (Å²) in [6.07, 6.45) is -0.0840. The van der Waals surface area contributed by atoms with E-state index < -0.39 is 0 Å². The average molecular weight is 280 g/mol. The maximum absolute atomic E-state index is 11.5. The van der Waals surface area contributed by atoms with E-state index in [1.807, 2.05) is 25.1 Å². The van der Waals surface area contributed by atoms with Gasteiger partial charge in [0, 0.05) is 4.90 Å². The molecule has 1 unspecified atom stereocenters. The van der Waals surface area contributed by atoms with E-state index in [9.17, 15) is 9.59 Å². The van der Waals surface area contributed by atoms with Crippen LogP contribution in [0.25, 0.3) is 0 Å². The Balaban J connectivity index is 1.96. The monoisotopic (exact) mass is 280 g/mol. The third-order valence-electron chi connectivity index (χ3n) is 2.50. The predicted molar refractivity (Wildman–Crippen MR) is 74.3 cm³/mol. The molecule has 0 aliphatic carbocycles. The van der Waals surface area contributed by atoms with Crippen LogP contribution in [0.15, 0.2) is 23.1 Å². The first-order valence-electron chi connectivity index (χ1n) is 6.07. The lowest BCUT2D eigenvalue weighted by Crippen LogP contribution is -2.36. The van der Waals surface area contributed by atoms with Gasteiger partial charge in [-0.3, -0.25) is 9.59 Å². The van der Waals surface area contributed by atoms with Gasteiger partial charge in [0.15, 0.2) is 5.50 Å². The normalized spacial score (nSPS) is 16.4. The van der Waals surface area contributed by atoms with Crippen LogP contribution in [0.2, 0.25) is 0 Å². The summed E-state index contributed by atoms with van der Waals surface area (Å²) in [6, 6.07) is 5.74. The molecule has 0 bridgehead atoms. The van der Waals surface area contributed by atoms with Crippen molar-refractivity contribution in [3.05, 3.63) is 18.2 Å². The molecule has 5 nitrogen and oxygen atoms in total. The van der Waals surface area contributed by atoms with Crippen LogP contribution in [0.5, 0.6) is 5.75 Å². The lowest BCUT2D eigenvalue weighted by Gasteiger charge is -2.11. The molecular weight excluding hydrogens is 264 g/mol. The molecule has 6 heteroatoms. The smallest absolute Gasteiger partial charge is 0.229 e. The van der Waals surface area contributed by atoms with Crippen LogP contribution >= 0.6 is 11.8 Å². The molecule has 1 aromatic carbocycles. The fourth-order valence-electron chi connectivity index (χ4n) is 1.76. The standard InChI is InChI=1S/C13H16N2O3S/c1-3-18-9-4-5-10-11(7-9)19-13(14-10)15-12(17)6-8(2)16/h4-5,7,13-14H,3,6H2,1-2H3,(H,15,17). The maximum atomic E-state index is 11.5. The third-order valence-corrected chi connectivity index (χ3v) is 3.56. The number of Topliss-reactive ketones (excluding diaryl/α,β-unsaturated/α-hetero) is 1. The Morgan fingerprint density at radius 1 is 1.47 bits per heavy atom. The lowest BCUT2D eigenvalue weighted by atomic mass is 10.3. The van der Waals surface area contributed by atoms with Crippen molar-refractivity contribution >= 4 is 29.1 Å². The quantitative estimate of drug-likeness (QED) is 0.807. The lowest BCUT2D eigenvalue weighted by molar-refractivity contribution is -0.127. The number of anilines is 1. The highest BCUT2D eigenvalue weighted by Gasteiger charge is 2.23. The van der Waals surface area contributed by atoms with Gasteiger partial charge in [0.1, 0.15) is 11.5 Å². The molecule has 1 amide bonds. The Kier molecular flexibility index (Phi) is 4.31. The van der Waals surface area contributed by atoms with E-state index in [-0.39, 0.29) is 23.6 Å². The fourth-order valence-corrected chi connectivity index (χ4v) is 2.83. The van der Waals surface area contributed by atoms with Crippen LogP contribution in [-0.2, 0) is 9.59 Å². The number of benzene rings is 1. The van der Waals surface area contributed by atoms with Crippen molar-refractivity contribution in [2.45, 2.75) is 30.7 Å². The molecule has 102 valence electrons. The molecular formula is C13H16N2O3S. The first-order chi connectivity index (χ1) is 9.08. The molecule has 19 heavy (non-hydrogen) atoms. The molecule has 0 fully saturated rings. The van der Waals surface area contributed by atoms with E-state index >= 15 is 0 Å². The van der Waals surface area contributed by atoms with Gasteiger partial charge in [0.2, 0.25) is 5.91 Å². The maximum Gasteiger partial charge on any atom is 0.229 e. The number of ketones is 1. The van der Waals surface area contributed by atoms with Crippen LogP contribution in [-0.4, -0.2) is 23.8 Å². The van der Waals surface area contributed by atoms with Crippen LogP contribution in [0.4, 0.5) is 5.69 Å². The number of fused-ring (bicyclic) bond motifs is 1. The molecule has 1 atom stereocenters. The second-order valence-electron chi connectivity index (χ2n) is 4.18. The van der Waals surface area contributed by atoms with Crippen LogP contribution in [0.1, 0.15) is 20.3 Å². The number of ether oxygens (including phenoxy) is 1. The Bertz CT molecular complexity index is 505. The highest BCUT2D eigenvalue weighted by Crippen LogP contribution is 2.39. The van der Waals surface area contributed by atoms with Crippen LogP contribution < -0.4 is 15.4 Å². The number of hydrogen-bond donors (Lipinski definition) is 2. The van der Waals surface area contributed by atoms with Gasteiger partial charge >= 0.3 is 0 Å². The minimum absolute atomic E-state index is 0.0840. The summed E-state index contributed by atoms with van der Waals surface area (Å²) >= 11 is 1.50. The summed E-state index contributed by atoms with van der Waals surface area (Å²) in [7, 11) is 0. The van der Waals surface area contributed by atoms with E-state index in [1.165, 1.54) is 18.7 Å². The highest BCUT2D eigenvalue weighted by atomic mass is 32.2. The van der Waals surface area contributed by atoms with E-state index in [2.05, 4.69) is 10.6 Å². The third kappa shape index (κ3) is 3.64. The molecule has 0 aromatic heterocycles. The van der Waals surface area contributed by atoms with Gasteiger partial charge in [0.25, 0.3) is 0 Å². The molecule has 0 spiro atoms. The summed E-state index contributed by atoms with van der Waals surface area (Å²) in [5.41, 5.74) is 0.723. The predicted octanol–water partition coefficient (Wildman–Crippen LogP) is 1.98. The van der Waals surface area contributed by atoms with Gasteiger partial charge in [-0.05, 0) is 32.0 Å². The van der Waals surface area contributed by atoms with E-state index in [0.29, 0.717) is 6.61 Å². The average Bonchev–Trinajstić information content (AvgIpc) is 2.69. The Morgan fingerprint density at radius 3 is 2.95 bits per heavy atom. The first kappa shape index (κ1) is 13.7. The Morgan fingerprint density at radius 2 is 2.26 bits per heavy atom. The second kappa shape index (κ2) is 5.97. The fraction of sp³-hybridized carbons (Fsp3) is 0.385. The molecule has 2 rings (SSSR count). The molecule has 2 N–H and O–H groups in total. The Hall–Kier alpha value is -1.69. The number of nitrogens with one attached hydrogen (secondary N) is 2. The molecule has 0 radical (unpaired) electrons. The van der Waals surface area contributed by atoms with Gasteiger partial charge in [0.05, 0.1) is 18.7 Å². The zero-order valence-electron chi connectivity index (χ0n) is 10.9. The van der Waals surface area contributed by atoms with E-state index in [4.69, 9.17) is 4.74 Å². The van der Waals surface area contributed by atoms with Crippen molar-refractivity contribution in [3.8, 4) is 5.75 Å². The molecule has 1 aliphatic rings. The summed E-state index contributed by atoms with van der Waals surface area (Å²) in [5, 5.41) is 5.93. The molecule has 1 heterocycles. The number of amides is 1. The molecule has 0 saturated carbocycles. The summed E-state index contributed by atoms with van der Waals surface area (Å²) < 4.78 is 5.43. The van der Waals surface area contributed by atoms with Crippen molar-refractivity contribution in [3.63, 3.8) is 0 Å². The summed E-state index contributed by atoms with van der Waals surface area (Å²) in [5.74, 6) is 0.401. The summed E-state index contributed by atoms with van der Waals surface area (Å²) in [4.78, 5) is 23.4. The second-order valence-corrected chi connectivity index (χ2v) is 5.33. The number of rotatable bonds is 5. The first-order valence-corrected chi connectivity index (χ1v) is 6.95. The molecule has 0 saturated heterocycles. The minimum atomic E-state index is -0.268. The molecule has 1 aromatic rings. The number of hydrogen-bond acceptors (Lipinski definition) is 5. The van der Waals surface area contributed by atoms with Gasteiger partial charge < -0.3 is 15.4 Å². The highest BCUT2D eigenvalue weighted by molar-refractivity contribution is 8.00. The minimum Gasteiger partial charge on any atom is -0.494 e. The zero-order chi connectivity index (χ0) is 13.8. The summed E-state index contributed by atoms with van der Waals surface area (Å²) in [6.45, 7) is 3.96. The number of carbonyl (C=O) groups excluding carboxylic acids is 2. The van der Waals surface area contributed by atoms with Gasteiger partial charge in [-0.2, -0.15) is 0 Å². The van der Waals surface area contributed by atoms with Gasteiger partial charge in [-0.1, -0.05) is 11.8 Å². The van der Waals surface area contributed by atoms with Crippen molar-refractivity contribution in [2.75, 3.05) is 11.9 Å². The van der Waals surface area contributed by atoms with E-state index in [0.717, 1.165) is 16.3 Å². The largest absolute Gasteiger partial charge is 0.494 e. The van der Waals surface area contributed by atoms with Gasteiger partial charge in [-0.15, -0.1) is 0 Å². The SMILES string of the molecule is CCOc1ccc2c(c1)SC(NC(=O)CC(C)=O)N2. The number of carbonyl (C=O) groups is 2. The van der Waals surface area contributed by atoms with Crippen LogP contribution in [0.3, 0.4) is 0 Å².